The first-order valence-electron chi connectivity index (χ1n) is 2.21. The zero-order chi connectivity index (χ0) is 5.70. The van der Waals surface area contributed by atoms with Crippen LogP contribution in [-0.4, -0.2) is 6.29 Å². The van der Waals surface area contributed by atoms with Crippen LogP contribution in [0.5, 0.6) is 0 Å². The molecule has 0 fully saturated rings. The molecule has 2 heteroatoms. The summed E-state index contributed by atoms with van der Waals surface area (Å²) < 4.78 is 0. The lowest BCUT2D eigenvalue weighted by atomic mass is 10.2. The van der Waals surface area contributed by atoms with Gasteiger partial charge in [-0.15, -0.1) is 0 Å². The van der Waals surface area contributed by atoms with Gasteiger partial charge >= 0.3 is 0 Å². The monoisotopic (exact) mass is 99.1 g/mol. The maximum absolute atomic E-state index is 9.82. The third kappa shape index (κ3) is 1.98. The van der Waals surface area contributed by atoms with Crippen molar-refractivity contribution in [3.8, 4) is 0 Å². The molecule has 0 saturated heterocycles. The van der Waals surface area contributed by atoms with E-state index in [-0.39, 0.29) is 0 Å². The quantitative estimate of drug-likeness (QED) is 0.403. The molecule has 0 aromatic rings. The molecule has 0 aromatic heterocycles. The molecule has 0 aliphatic heterocycles. The highest BCUT2D eigenvalue weighted by molar-refractivity contribution is 5.72. The average Bonchev–Trinajstić information content (AvgIpc) is 1.72. The number of hydrogen-bond donors (Lipinski definition) is 1. The van der Waals surface area contributed by atoms with Crippen LogP contribution in [-0.2, 0) is 4.79 Å². The van der Waals surface area contributed by atoms with E-state index in [1.165, 1.54) is 6.20 Å². The predicted octanol–water partition coefficient (Wildman–Crippen LogP) is 0.438. The maximum Gasteiger partial charge on any atom is 0.147 e. The molecule has 40 valence electrons. The number of rotatable bonds is 2. The molecule has 7 heavy (non-hydrogen) atoms. The van der Waals surface area contributed by atoms with Crippen LogP contribution < -0.4 is 5.73 Å². The molecule has 0 spiro atoms. The molecule has 0 unspecified atom stereocenters. The Morgan fingerprint density at radius 2 is 2.43 bits per heavy atom. The minimum atomic E-state index is 0.653. The van der Waals surface area contributed by atoms with Crippen molar-refractivity contribution in [3.63, 3.8) is 0 Å². The van der Waals surface area contributed by atoms with E-state index in [0.717, 1.165) is 12.7 Å². The van der Waals surface area contributed by atoms with Crippen LogP contribution >= 0.6 is 0 Å². The fraction of sp³-hybridized carbons (Fsp3) is 0.400. The van der Waals surface area contributed by atoms with Gasteiger partial charge in [0.15, 0.2) is 0 Å². The summed E-state index contributed by atoms with van der Waals surface area (Å²) in [6.07, 6.45) is 2.81. The Labute approximate surface area is 43.0 Å². The van der Waals surface area contributed by atoms with Crippen molar-refractivity contribution < 1.29 is 4.79 Å². The van der Waals surface area contributed by atoms with E-state index < -0.39 is 0 Å². The van der Waals surface area contributed by atoms with Gasteiger partial charge in [-0.3, -0.25) is 4.79 Å². The molecule has 2 N–H and O–H groups in total. The first kappa shape index (κ1) is 6.21. The zero-order valence-electron chi connectivity index (χ0n) is 4.35. The lowest BCUT2D eigenvalue weighted by Crippen LogP contribution is -1.87. The largest absolute Gasteiger partial charge is 0.404 e. The molecule has 0 aliphatic carbocycles. The van der Waals surface area contributed by atoms with Gasteiger partial charge in [-0.25, -0.2) is 0 Å². The summed E-state index contributed by atoms with van der Waals surface area (Å²) in [6, 6.07) is 0. The fourth-order valence-electron chi connectivity index (χ4n) is 0.240. The molecular weight excluding hydrogens is 90.1 g/mol. The Morgan fingerprint density at radius 1 is 1.86 bits per heavy atom. The number of allylic oxidation sites excluding steroid dienone is 1. The first-order chi connectivity index (χ1) is 3.35. The molecule has 0 aliphatic rings. The van der Waals surface area contributed by atoms with E-state index in [9.17, 15) is 4.79 Å². The van der Waals surface area contributed by atoms with Crippen LogP contribution in [0.25, 0.3) is 0 Å². The molecular formula is C5H9NO. The Hall–Kier alpha value is -0.790. The zero-order valence-corrected chi connectivity index (χ0v) is 4.35. The minimum Gasteiger partial charge on any atom is -0.404 e. The van der Waals surface area contributed by atoms with Crippen LogP contribution in [0.3, 0.4) is 0 Å². The summed E-state index contributed by atoms with van der Waals surface area (Å²) in [6.45, 7) is 1.88. The van der Waals surface area contributed by atoms with Gasteiger partial charge in [-0.2, -0.15) is 0 Å². The van der Waals surface area contributed by atoms with Gasteiger partial charge in [-0.1, -0.05) is 6.92 Å². The minimum absolute atomic E-state index is 0.653. The Kier molecular flexibility index (Phi) is 3.02. The van der Waals surface area contributed by atoms with Crippen LogP contribution in [0.4, 0.5) is 0 Å². The van der Waals surface area contributed by atoms with E-state index in [0.29, 0.717) is 5.57 Å². The van der Waals surface area contributed by atoms with E-state index in [4.69, 9.17) is 5.73 Å². The van der Waals surface area contributed by atoms with Gasteiger partial charge in [0, 0.05) is 11.8 Å². The van der Waals surface area contributed by atoms with E-state index in [1.807, 2.05) is 6.92 Å². The summed E-state index contributed by atoms with van der Waals surface area (Å²) in [4.78, 5) is 9.82. The number of carbonyl (C=O) groups is 1. The summed E-state index contributed by atoms with van der Waals surface area (Å²) in [5.41, 5.74) is 5.65. The highest BCUT2D eigenvalue weighted by Gasteiger charge is 1.83. The van der Waals surface area contributed by atoms with Gasteiger partial charge in [0.1, 0.15) is 6.29 Å². The number of hydrogen-bond acceptors (Lipinski definition) is 2. The van der Waals surface area contributed by atoms with Crippen molar-refractivity contribution in [3.05, 3.63) is 11.8 Å². The van der Waals surface area contributed by atoms with Gasteiger partial charge in [0.25, 0.3) is 0 Å². The molecule has 2 nitrogen and oxygen atoms in total. The highest BCUT2D eigenvalue weighted by atomic mass is 16.1. The van der Waals surface area contributed by atoms with E-state index in [1.54, 1.807) is 0 Å². The number of nitrogens with two attached hydrogens (primary N) is 1. The van der Waals surface area contributed by atoms with Crippen LogP contribution in [0.15, 0.2) is 11.8 Å². The van der Waals surface area contributed by atoms with Crippen molar-refractivity contribution >= 4 is 6.29 Å². The molecule has 0 rings (SSSR count). The van der Waals surface area contributed by atoms with Crippen LogP contribution in [0.2, 0.25) is 0 Å². The van der Waals surface area contributed by atoms with Gasteiger partial charge in [0.2, 0.25) is 0 Å². The smallest absolute Gasteiger partial charge is 0.147 e. The Bertz CT molecular complexity index is 86.1. The molecule has 0 heterocycles. The van der Waals surface area contributed by atoms with Crippen molar-refractivity contribution in [1.82, 2.24) is 0 Å². The topological polar surface area (TPSA) is 43.1 Å². The first-order valence-corrected chi connectivity index (χ1v) is 2.21. The van der Waals surface area contributed by atoms with Crippen molar-refractivity contribution in [2.45, 2.75) is 13.3 Å². The third-order valence-corrected chi connectivity index (χ3v) is 0.774. The molecule has 0 bridgehead atoms. The molecule has 0 atom stereocenters. The van der Waals surface area contributed by atoms with Crippen molar-refractivity contribution in [2.24, 2.45) is 5.73 Å². The van der Waals surface area contributed by atoms with E-state index >= 15 is 0 Å². The van der Waals surface area contributed by atoms with Gasteiger partial charge < -0.3 is 5.73 Å². The highest BCUT2D eigenvalue weighted by Crippen LogP contribution is 1.89. The predicted molar refractivity (Wildman–Crippen MR) is 28.6 cm³/mol. The van der Waals surface area contributed by atoms with Crippen molar-refractivity contribution in [1.29, 1.82) is 0 Å². The molecule has 0 saturated carbocycles. The van der Waals surface area contributed by atoms with Gasteiger partial charge in [0.05, 0.1) is 0 Å². The second-order valence-electron chi connectivity index (χ2n) is 1.21. The average molecular weight is 99.1 g/mol. The summed E-state index contributed by atoms with van der Waals surface area (Å²) in [5.74, 6) is 0. The fourth-order valence-corrected chi connectivity index (χ4v) is 0.240. The summed E-state index contributed by atoms with van der Waals surface area (Å²) in [7, 11) is 0. The van der Waals surface area contributed by atoms with Crippen molar-refractivity contribution in [2.75, 3.05) is 0 Å². The Morgan fingerprint density at radius 3 is 2.43 bits per heavy atom. The third-order valence-electron chi connectivity index (χ3n) is 0.774. The van der Waals surface area contributed by atoms with E-state index in [2.05, 4.69) is 0 Å². The Balaban J connectivity index is 3.60. The molecule has 0 amide bonds. The second kappa shape index (κ2) is 3.40. The lowest BCUT2D eigenvalue weighted by molar-refractivity contribution is -0.105. The molecule has 0 radical (unpaired) electrons. The molecule has 0 aromatic carbocycles. The SMILES string of the molecule is CCC(C=O)=CN. The number of carbonyl (C=O) groups excluding carboxylic acids is 1. The number of aldehydes is 1. The summed E-state index contributed by atoms with van der Waals surface area (Å²) >= 11 is 0. The normalized spacial score (nSPS) is 11.3. The van der Waals surface area contributed by atoms with Crippen LogP contribution in [0, 0.1) is 0 Å². The van der Waals surface area contributed by atoms with Gasteiger partial charge in [-0.05, 0) is 6.42 Å². The second-order valence-corrected chi connectivity index (χ2v) is 1.21. The summed E-state index contributed by atoms with van der Waals surface area (Å²) in [5, 5.41) is 0. The maximum atomic E-state index is 9.82. The lowest BCUT2D eigenvalue weighted by Gasteiger charge is -1.84. The standard InChI is InChI=1S/C5H9NO/c1-2-5(3-6)4-7/h3-4H,2,6H2,1H3. The van der Waals surface area contributed by atoms with Crippen LogP contribution in [0.1, 0.15) is 13.3 Å².